The molecule has 1 aliphatic rings. The van der Waals surface area contributed by atoms with Crippen molar-refractivity contribution in [3.05, 3.63) is 12.7 Å². The number of fused-ring (bicyclic) bond motifs is 1. The largest absolute Gasteiger partial charge is 0.455 e. The molecule has 0 amide bonds. The molecular formula is C19H29BN6O10S2. The Hall–Kier alpha value is -2.58. The predicted octanol–water partition coefficient (Wildman–Crippen LogP) is -0.205. The van der Waals surface area contributed by atoms with Gasteiger partial charge in [-0.2, -0.15) is 16.8 Å². The van der Waals surface area contributed by atoms with Crippen molar-refractivity contribution in [2.75, 3.05) is 32.3 Å². The molecule has 1 aliphatic heterocycles. The number of carbonyl (C=O) groups excluding carboxylic acids is 1. The molecule has 3 rings (SSSR count). The number of hydrogen-bond donors (Lipinski definition) is 0. The van der Waals surface area contributed by atoms with Crippen molar-refractivity contribution >= 4 is 51.2 Å². The van der Waals surface area contributed by atoms with Crippen LogP contribution in [0, 0.1) is 0 Å². The summed E-state index contributed by atoms with van der Waals surface area (Å²) in [6.07, 6.45) is 1.89. The maximum atomic E-state index is 12.2. The van der Waals surface area contributed by atoms with E-state index in [9.17, 15) is 21.6 Å². The lowest BCUT2D eigenvalue weighted by Gasteiger charge is -2.33. The van der Waals surface area contributed by atoms with Crippen molar-refractivity contribution < 1.29 is 44.2 Å². The van der Waals surface area contributed by atoms with Crippen molar-refractivity contribution in [2.24, 2.45) is 10.1 Å². The number of ether oxygens (including phenoxy) is 3. The molecule has 0 spiro atoms. The maximum absolute atomic E-state index is 12.2. The van der Waals surface area contributed by atoms with E-state index in [2.05, 4.69) is 25.1 Å². The monoisotopic (exact) mass is 576 g/mol. The minimum Gasteiger partial charge on any atom is -0.455 e. The zero-order chi connectivity index (χ0) is 28.1. The molecule has 0 saturated carbocycles. The number of imidazole rings is 1. The number of esters is 1. The van der Waals surface area contributed by atoms with E-state index in [1.54, 1.807) is 0 Å². The predicted molar refractivity (Wildman–Crippen MR) is 133 cm³/mol. The first kappa shape index (κ1) is 30.0. The van der Waals surface area contributed by atoms with E-state index < -0.39 is 63.5 Å². The average Bonchev–Trinajstić information content (AvgIpc) is 3.36. The van der Waals surface area contributed by atoms with Gasteiger partial charge >= 0.3 is 5.97 Å². The second-order valence-corrected chi connectivity index (χ2v) is 11.8. The molecule has 0 aliphatic carbocycles. The van der Waals surface area contributed by atoms with E-state index in [1.807, 2.05) is 6.92 Å². The maximum Gasteiger partial charge on any atom is 0.303 e. The normalized spacial score (nSPS) is 21.8. The summed E-state index contributed by atoms with van der Waals surface area (Å²) < 4.78 is 77.2. The minimum absolute atomic E-state index is 0.155. The molecule has 0 bridgehead atoms. The summed E-state index contributed by atoms with van der Waals surface area (Å²) in [5, 5.41) is 7.63. The molecule has 19 heteroatoms. The van der Waals surface area contributed by atoms with E-state index >= 15 is 0 Å². The van der Waals surface area contributed by atoms with E-state index in [0.29, 0.717) is 6.42 Å². The zero-order valence-corrected chi connectivity index (χ0v) is 23.1. The molecule has 0 N–H and O–H groups in total. The lowest BCUT2D eigenvalue weighted by atomic mass is 9.96. The van der Waals surface area contributed by atoms with Crippen molar-refractivity contribution in [1.82, 2.24) is 19.5 Å². The fourth-order valence-electron chi connectivity index (χ4n) is 3.83. The Morgan fingerprint density at radius 3 is 2.37 bits per heavy atom. The van der Waals surface area contributed by atoms with E-state index in [4.69, 9.17) is 22.6 Å². The second kappa shape index (κ2) is 12.1. The summed E-state index contributed by atoms with van der Waals surface area (Å²) in [4.78, 5) is 24.7. The lowest BCUT2D eigenvalue weighted by molar-refractivity contribution is -0.158. The highest BCUT2D eigenvalue weighted by atomic mass is 32.2. The Labute approximate surface area is 220 Å². The SMILES string of the molecule is BN=Nc1ncnc2c1ncn2[C@@H]1OC(COS(C)(=O)=O)(COS(C)(=O)=O)C(OCCCC)[C@@H]1OC(C)=O. The van der Waals surface area contributed by atoms with Crippen molar-refractivity contribution in [3.8, 4) is 0 Å². The van der Waals surface area contributed by atoms with Crippen LogP contribution in [0.25, 0.3) is 11.2 Å². The number of nitrogens with zero attached hydrogens (tertiary/aromatic N) is 6. The van der Waals surface area contributed by atoms with Crippen LogP contribution in [-0.4, -0.2) is 100 Å². The number of carbonyl (C=O) groups is 1. The Morgan fingerprint density at radius 2 is 1.82 bits per heavy atom. The van der Waals surface area contributed by atoms with E-state index in [1.165, 1.54) is 32.1 Å². The zero-order valence-electron chi connectivity index (χ0n) is 21.5. The van der Waals surface area contributed by atoms with Gasteiger partial charge in [0.05, 0.1) is 18.8 Å². The van der Waals surface area contributed by atoms with Gasteiger partial charge in [-0.3, -0.25) is 22.8 Å². The molecule has 1 fully saturated rings. The number of aromatic nitrogens is 4. The molecule has 16 nitrogen and oxygen atoms in total. The molecular weight excluding hydrogens is 547 g/mol. The van der Waals surface area contributed by atoms with Gasteiger partial charge in [0.15, 0.2) is 29.1 Å². The Bertz CT molecular complexity index is 1350. The summed E-state index contributed by atoms with van der Waals surface area (Å²) >= 11 is 0. The average molecular weight is 576 g/mol. The van der Waals surface area contributed by atoms with Gasteiger partial charge in [0.25, 0.3) is 28.2 Å². The van der Waals surface area contributed by atoms with Crippen molar-refractivity contribution in [2.45, 2.75) is 50.7 Å². The van der Waals surface area contributed by atoms with Crippen LogP contribution in [0.2, 0.25) is 0 Å². The summed E-state index contributed by atoms with van der Waals surface area (Å²) in [5.41, 5.74) is -1.38. The molecule has 1 unspecified atom stereocenters. The van der Waals surface area contributed by atoms with Crippen molar-refractivity contribution in [3.63, 3.8) is 0 Å². The molecule has 2 aromatic heterocycles. The van der Waals surface area contributed by atoms with Gasteiger partial charge in [-0.1, -0.05) is 13.3 Å². The highest BCUT2D eigenvalue weighted by Gasteiger charge is 2.60. The molecule has 38 heavy (non-hydrogen) atoms. The van der Waals surface area contributed by atoms with Gasteiger partial charge in [0.1, 0.15) is 25.6 Å². The summed E-state index contributed by atoms with van der Waals surface area (Å²) in [6.45, 7) is 1.85. The number of hydrogen-bond acceptors (Lipinski definition) is 15. The third-order valence-corrected chi connectivity index (χ3v) is 6.49. The second-order valence-electron chi connectivity index (χ2n) is 8.55. The van der Waals surface area contributed by atoms with Crippen LogP contribution < -0.4 is 0 Å². The molecule has 210 valence electrons. The molecule has 2 aromatic rings. The van der Waals surface area contributed by atoms with Crippen LogP contribution in [0.4, 0.5) is 5.82 Å². The topological polar surface area (TPSA) is 200 Å². The fraction of sp³-hybridized carbons (Fsp3) is 0.684. The summed E-state index contributed by atoms with van der Waals surface area (Å²) in [7, 11) is -6.59. The van der Waals surface area contributed by atoms with Crippen LogP contribution in [0.5, 0.6) is 0 Å². The first-order valence-electron chi connectivity index (χ1n) is 11.4. The van der Waals surface area contributed by atoms with Gasteiger partial charge < -0.3 is 14.2 Å². The quantitative estimate of drug-likeness (QED) is 0.0998. The molecule has 0 radical (unpaired) electrons. The standard InChI is InChI=1S/C19H29BN6O10S2/c1-5-6-7-32-15-14(35-12(2)27)18(26-11-23-13-16(24-25-20)21-10-22-17(13)26)36-19(15,8-33-37(3,28)29)9-34-38(4,30)31/h10-11,14-15,18H,5-9,20H2,1-4H3/t14-,15?,18+/m0/s1. The molecule has 1 saturated heterocycles. The van der Waals surface area contributed by atoms with E-state index in [0.717, 1.165) is 18.9 Å². The lowest BCUT2D eigenvalue weighted by Crippen LogP contribution is -2.53. The first-order chi connectivity index (χ1) is 17.8. The molecule has 3 atom stereocenters. The molecule has 0 aromatic carbocycles. The molecule has 3 heterocycles. The van der Waals surface area contributed by atoms with Crippen LogP contribution in [-0.2, 0) is 47.6 Å². The van der Waals surface area contributed by atoms with Crippen LogP contribution >= 0.6 is 0 Å². The smallest absolute Gasteiger partial charge is 0.303 e. The summed E-state index contributed by atoms with van der Waals surface area (Å²) in [6, 6.07) is 0. The Kier molecular flexibility index (Phi) is 9.53. The van der Waals surface area contributed by atoms with Gasteiger partial charge in [-0.05, 0) is 6.42 Å². The third-order valence-electron chi connectivity index (χ3n) is 5.39. The number of unbranched alkanes of at least 4 members (excludes halogenated alkanes) is 1. The minimum atomic E-state index is -4.02. The fourth-order valence-corrected chi connectivity index (χ4v) is 4.66. The third kappa shape index (κ3) is 7.29. The Balaban J connectivity index is 2.18. The van der Waals surface area contributed by atoms with Crippen LogP contribution in [0.3, 0.4) is 0 Å². The highest BCUT2D eigenvalue weighted by Crippen LogP contribution is 2.43. The van der Waals surface area contributed by atoms with Crippen LogP contribution in [0.15, 0.2) is 22.8 Å². The van der Waals surface area contributed by atoms with Gasteiger partial charge in [0, 0.05) is 13.5 Å². The highest BCUT2D eigenvalue weighted by molar-refractivity contribution is 7.86. The first-order valence-corrected chi connectivity index (χ1v) is 15.1. The van der Waals surface area contributed by atoms with Crippen LogP contribution in [0.1, 0.15) is 32.9 Å². The van der Waals surface area contributed by atoms with Gasteiger partial charge in [-0.15, -0.1) is 5.11 Å². The Morgan fingerprint density at radius 1 is 1.16 bits per heavy atom. The summed E-state index contributed by atoms with van der Waals surface area (Å²) in [5.74, 6) is -0.530. The van der Waals surface area contributed by atoms with E-state index in [-0.39, 0.29) is 23.6 Å². The number of rotatable bonds is 13. The van der Waals surface area contributed by atoms with Gasteiger partial charge in [-0.25, -0.2) is 15.0 Å². The van der Waals surface area contributed by atoms with Crippen molar-refractivity contribution in [1.29, 1.82) is 0 Å². The van der Waals surface area contributed by atoms with Gasteiger partial charge in [0.2, 0.25) is 5.82 Å².